The number of aromatic nitrogens is 1. The zero-order valence-corrected chi connectivity index (χ0v) is 17.9. The van der Waals surface area contributed by atoms with Crippen molar-refractivity contribution >= 4 is 50.3 Å². The van der Waals surface area contributed by atoms with E-state index in [1.165, 1.54) is 11.3 Å². The van der Waals surface area contributed by atoms with Gasteiger partial charge in [0.05, 0.1) is 10.2 Å². The molecule has 0 aliphatic carbocycles. The van der Waals surface area contributed by atoms with Gasteiger partial charge < -0.3 is 20.1 Å². The zero-order chi connectivity index (χ0) is 20.9. The van der Waals surface area contributed by atoms with Gasteiger partial charge in [0.25, 0.3) is 5.91 Å². The van der Waals surface area contributed by atoms with Crippen molar-refractivity contribution < 1.29 is 19.1 Å². The second-order valence-electron chi connectivity index (χ2n) is 6.68. The van der Waals surface area contributed by atoms with Crippen LogP contribution in [0.5, 0.6) is 11.5 Å². The lowest BCUT2D eigenvalue weighted by atomic mass is 10.2. The van der Waals surface area contributed by atoms with Crippen LogP contribution in [0.1, 0.15) is 6.42 Å². The first-order valence-electron chi connectivity index (χ1n) is 9.48. The molecule has 2 N–H and O–H groups in total. The number of fused-ring (bicyclic) bond motifs is 2. The van der Waals surface area contributed by atoms with E-state index in [2.05, 4.69) is 15.6 Å². The summed E-state index contributed by atoms with van der Waals surface area (Å²) in [6.07, 6.45) is 1.64. The van der Waals surface area contributed by atoms with Gasteiger partial charge in [0.2, 0.25) is 12.0 Å². The monoisotopic (exact) mass is 443 g/mol. The molecule has 0 bridgehead atoms. The summed E-state index contributed by atoms with van der Waals surface area (Å²) in [6.45, 7) is 0.0948. The highest BCUT2D eigenvalue weighted by atomic mass is 32.2. The summed E-state index contributed by atoms with van der Waals surface area (Å²) < 4.78 is 12.4. The molecule has 0 fully saturated rings. The van der Waals surface area contributed by atoms with Gasteiger partial charge in [-0.15, -0.1) is 0 Å². The van der Waals surface area contributed by atoms with Crippen LogP contribution < -0.4 is 20.1 Å². The van der Waals surface area contributed by atoms with E-state index in [0.29, 0.717) is 23.1 Å². The first-order valence-corrected chi connectivity index (χ1v) is 11.7. The molecule has 2 aromatic carbocycles. The van der Waals surface area contributed by atoms with Crippen LogP contribution >= 0.6 is 23.1 Å². The van der Waals surface area contributed by atoms with Crippen LogP contribution in [-0.2, 0) is 9.59 Å². The average Bonchev–Trinajstić information content (AvgIpc) is 3.18. The highest BCUT2D eigenvalue weighted by Crippen LogP contribution is 2.31. The standard InChI is InChI=1S/C21H21N3O4S2/c1-29-11-10-14(19(25)24-21-23-13-6-2-5-9-18(13)30-21)22-20(26)17-12-27-15-7-3-4-8-16(15)28-17/h2-9,14,17H,10-12H2,1H3,(H,22,26)(H,23,24,25)/t14-,17+/m0/s1. The van der Waals surface area contributed by atoms with Crippen molar-refractivity contribution in [3.8, 4) is 11.5 Å². The normalized spacial score (nSPS) is 16.1. The minimum Gasteiger partial charge on any atom is -0.485 e. The van der Waals surface area contributed by atoms with E-state index < -0.39 is 12.1 Å². The van der Waals surface area contributed by atoms with Crippen LogP contribution in [0, 0.1) is 0 Å². The van der Waals surface area contributed by atoms with Crippen molar-refractivity contribution in [3.05, 3.63) is 48.5 Å². The number of anilines is 1. The maximum Gasteiger partial charge on any atom is 0.265 e. The predicted octanol–water partition coefficient (Wildman–Crippen LogP) is 3.31. The van der Waals surface area contributed by atoms with Gasteiger partial charge in [-0.2, -0.15) is 11.8 Å². The highest BCUT2D eigenvalue weighted by Gasteiger charge is 2.31. The van der Waals surface area contributed by atoms with Crippen molar-refractivity contribution in [2.75, 3.05) is 23.9 Å². The van der Waals surface area contributed by atoms with Crippen LogP contribution in [0.15, 0.2) is 48.5 Å². The number of hydrogen-bond acceptors (Lipinski definition) is 7. The molecule has 9 heteroatoms. The van der Waals surface area contributed by atoms with Gasteiger partial charge in [-0.3, -0.25) is 9.59 Å². The molecule has 1 aliphatic rings. The van der Waals surface area contributed by atoms with E-state index in [0.717, 1.165) is 16.0 Å². The van der Waals surface area contributed by atoms with Gasteiger partial charge in [-0.1, -0.05) is 35.6 Å². The molecule has 0 unspecified atom stereocenters. The molecule has 2 atom stereocenters. The Kier molecular flexibility index (Phi) is 6.39. The van der Waals surface area contributed by atoms with E-state index in [-0.39, 0.29) is 18.4 Å². The zero-order valence-electron chi connectivity index (χ0n) is 16.3. The lowest BCUT2D eigenvalue weighted by molar-refractivity contribution is -0.133. The number of ether oxygens (including phenoxy) is 2. The Hall–Kier alpha value is -2.78. The molecule has 7 nitrogen and oxygen atoms in total. The number of hydrogen-bond donors (Lipinski definition) is 2. The Morgan fingerprint density at radius 3 is 2.77 bits per heavy atom. The number of thiazole rings is 1. The maximum absolute atomic E-state index is 12.9. The summed E-state index contributed by atoms with van der Waals surface area (Å²) in [6, 6.07) is 14.2. The summed E-state index contributed by atoms with van der Waals surface area (Å²) in [5.41, 5.74) is 0.828. The van der Waals surface area contributed by atoms with Crippen LogP contribution in [-0.4, -0.2) is 47.6 Å². The minimum atomic E-state index is -0.813. The Bertz CT molecular complexity index is 1020. The molecule has 0 radical (unpaired) electrons. The molecule has 0 spiro atoms. The molecule has 1 aliphatic heterocycles. The Morgan fingerprint density at radius 2 is 1.97 bits per heavy atom. The van der Waals surface area contributed by atoms with Gasteiger partial charge in [0, 0.05) is 0 Å². The topological polar surface area (TPSA) is 89.5 Å². The molecular weight excluding hydrogens is 422 g/mol. The van der Waals surface area contributed by atoms with Crippen LogP contribution in [0.2, 0.25) is 0 Å². The lowest BCUT2D eigenvalue weighted by Crippen LogP contribution is -2.51. The number of para-hydroxylation sites is 3. The van der Waals surface area contributed by atoms with Gasteiger partial charge in [0.1, 0.15) is 12.6 Å². The summed E-state index contributed by atoms with van der Waals surface area (Å²) in [7, 11) is 0. The third-order valence-corrected chi connectivity index (χ3v) is 6.16. The Morgan fingerprint density at radius 1 is 1.20 bits per heavy atom. The predicted molar refractivity (Wildman–Crippen MR) is 120 cm³/mol. The van der Waals surface area contributed by atoms with E-state index >= 15 is 0 Å². The van der Waals surface area contributed by atoms with Crippen molar-refractivity contribution in [2.24, 2.45) is 0 Å². The summed E-state index contributed by atoms with van der Waals surface area (Å²) in [5, 5.41) is 6.16. The first kappa shape index (κ1) is 20.5. The number of thioether (sulfide) groups is 1. The Balaban J connectivity index is 1.42. The van der Waals surface area contributed by atoms with Crippen molar-refractivity contribution in [2.45, 2.75) is 18.6 Å². The number of nitrogens with one attached hydrogen (secondary N) is 2. The maximum atomic E-state index is 12.9. The molecule has 156 valence electrons. The fraction of sp³-hybridized carbons (Fsp3) is 0.286. The van der Waals surface area contributed by atoms with Gasteiger partial charge in [-0.25, -0.2) is 4.98 Å². The second-order valence-corrected chi connectivity index (χ2v) is 8.70. The molecule has 1 aromatic heterocycles. The molecule has 4 rings (SSSR count). The number of benzene rings is 2. The number of rotatable bonds is 7. The van der Waals surface area contributed by atoms with Crippen LogP contribution in [0.25, 0.3) is 10.2 Å². The third-order valence-electron chi connectivity index (χ3n) is 4.57. The number of nitrogens with zero attached hydrogens (tertiary/aromatic N) is 1. The van der Waals surface area contributed by atoms with Crippen LogP contribution in [0.3, 0.4) is 0 Å². The third kappa shape index (κ3) is 4.68. The molecule has 3 aromatic rings. The molecule has 30 heavy (non-hydrogen) atoms. The molecule has 2 heterocycles. The van der Waals surface area contributed by atoms with E-state index in [4.69, 9.17) is 9.47 Å². The molecule has 2 amide bonds. The lowest BCUT2D eigenvalue weighted by Gasteiger charge is -2.27. The minimum absolute atomic E-state index is 0.0948. The quantitative estimate of drug-likeness (QED) is 0.582. The van der Waals surface area contributed by atoms with Gasteiger partial charge in [0.15, 0.2) is 16.6 Å². The summed E-state index contributed by atoms with van der Waals surface area (Å²) in [4.78, 5) is 30.1. The van der Waals surface area contributed by atoms with Crippen molar-refractivity contribution in [3.63, 3.8) is 0 Å². The highest BCUT2D eigenvalue weighted by molar-refractivity contribution is 7.98. The first-order chi connectivity index (χ1) is 14.6. The van der Waals surface area contributed by atoms with Crippen LogP contribution in [0.4, 0.5) is 5.13 Å². The van der Waals surface area contributed by atoms with Crippen molar-refractivity contribution in [1.82, 2.24) is 10.3 Å². The van der Waals surface area contributed by atoms with Crippen molar-refractivity contribution in [1.29, 1.82) is 0 Å². The van der Waals surface area contributed by atoms with Gasteiger partial charge >= 0.3 is 0 Å². The number of carbonyl (C=O) groups excluding carboxylic acids is 2. The molecule has 0 saturated carbocycles. The van der Waals surface area contributed by atoms with E-state index in [9.17, 15) is 9.59 Å². The molecule has 0 saturated heterocycles. The largest absolute Gasteiger partial charge is 0.485 e. The average molecular weight is 444 g/mol. The Labute approximate surface area is 182 Å². The number of carbonyl (C=O) groups is 2. The smallest absolute Gasteiger partial charge is 0.265 e. The fourth-order valence-corrected chi connectivity index (χ4v) is 4.38. The fourth-order valence-electron chi connectivity index (χ4n) is 3.04. The summed E-state index contributed by atoms with van der Waals surface area (Å²) in [5.74, 6) is 1.17. The van der Waals surface area contributed by atoms with E-state index in [1.807, 2.05) is 42.7 Å². The SMILES string of the molecule is CSCC[C@H](NC(=O)[C@H]1COc2ccccc2O1)C(=O)Nc1nc2ccccc2s1. The molecular formula is C21H21N3O4S2. The van der Waals surface area contributed by atoms with E-state index in [1.54, 1.807) is 23.9 Å². The summed E-state index contributed by atoms with van der Waals surface area (Å²) >= 11 is 3.01. The van der Waals surface area contributed by atoms with Gasteiger partial charge in [-0.05, 0) is 42.7 Å². The number of amides is 2. The second kappa shape index (κ2) is 9.36.